The summed E-state index contributed by atoms with van der Waals surface area (Å²) in [4.78, 5) is 20.2. The fraction of sp³-hybridized carbons (Fsp3) is 0.308. The third kappa shape index (κ3) is 3.80. The average Bonchev–Trinajstić information content (AvgIpc) is 2.96. The second kappa shape index (κ2) is 7.04. The van der Waals surface area contributed by atoms with Crippen molar-refractivity contribution >= 4 is 27.7 Å². The summed E-state index contributed by atoms with van der Waals surface area (Å²) < 4.78 is 2.76. The lowest BCUT2D eigenvalue weighted by atomic mass is 10.2. The highest BCUT2D eigenvalue weighted by atomic mass is 79.9. The first-order chi connectivity index (χ1) is 9.70. The number of pyridine rings is 1. The molecule has 6 nitrogen and oxygen atoms in total. The highest BCUT2D eigenvalue weighted by Gasteiger charge is 2.11. The summed E-state index contributed by atoms with van der Waals surface area (Å²) in [7, 11) is 1.74. The highest BCUT2D eigenvalue weighted by molar-refractivity contribution is 9.10. The standard InChI is InChI=1S/C13H16BrN5O/c1-15-12-11(7-10(14)8-18-12)13(20)17-3-2-5-19-6-4-16-9-19/h4,6-9H,2-3,5H2,1H3,(H,15,18)(H,17,20). The third-order valence-corrected chi connectivity index (χ3v) is 3.21. The van der Waals surface area contributed by atoms with Gasteiger partial charge in [-0.15, -0.1) is 0 Å². The number of amides is 1. The molecule has 2 heterocycles. The number of hydrogen-bond donors (Lipinski definition) is 2. The Labute approximate surface area is 125 Å². The Morgan fingerprint density at radius 2 is 2.35 bits per heavy atom. The number of nitrogens with zero attached hydrogens (tertiary/aromatic N) is 3. The third-order valence-electron chi connectivity index (χ3n) is 2.77. The number of rotatable bonds is 6. The van der Waals surface area contributed by atoms with Gasteiger partial charge in [-0.3, -0.25) is 4.79 Å². The lowest BCUT2D eigenvalue weighted by Gasteiger charge is -2.09. The molecule has 0 radical (unpaired) electrons. The Morgan fingerprint density at radius 3 is 3.05 bits per heavy atom. The molecule has 1 amide bonds. The van der Waals surface area contributed by atoms with Crippen LogP contribution in [0.15, 0.2) is 35.5 Å². The minimum atomic E-state index is -0.131. The van der Waals surface area contributed by atoms with Gasteiger partial charge in [0.25, 0.3) is 5.91 Å². The van der Waals surface area contributed by atoms with E-state index in [-0.39, 0.29) is 5.91 Å². The molecule has 0 atom stereocenters. The average molecular weight is 338 g/mol. The lowest BCUT2D eigenvalue weighted by molar-refractivity contribution is 0.0953. The first kappa shape index (κ1) is 14.5. The highest BCUT2D eigenvalue weighted by Crippen LogP contribution is 2.17. The quantitative estimate of drug-likeness (QED) is 0.789. The van der Waals surface area contributed by atoms with Crippen molar-refractivity contribution in [3.8, 4) is 0 Å². The van der Waals surface area contributed by atoms with Gasteiger partial charge in [0.05, 0.1) is 11.9 Å². The van der Waals surface area contributed by atoms with Crippen LogP contribution in [0, 0.1) is 0 Å². The molecule has 20 heavy (non-hydrogen) atoms. The summed E-state index contributed by atoms with van der Waals surface area (Å²) in [5.41, 5.74) is 0.532. The molecule has 0 aliphatic rings. The van der Waals surface area contributed by atoms with Crippen LogP contribution in [-0.2, 0) is 6.54 Å². The number of carbonyl (C=O) groups is 1. The van der Waals surface area contributed by atoms with Crippen molar-refractivity contribution in [2.24, 2.45) is 0 Å². The molecule has 2 aromatic rings. The monoisotopic (exact) mass is 337 g/mol. The normalized spacial score (nSPS) is 10.3. The van der Waals surface area contributed by atoms with Crippen molar-refractivity contribution in [1.29, 1.82) is 0 Å². The number of aryl methyl sites for hydroxylation is 1. The van der Waals surface area contributed by atoms with Crippen molar-refractivity contribution in [3.63, 3.8) is 0 Å². The molecule has 0 saturated heterocycles. The van der Waals surface area contributed by atoms with Gasteiger partial charge < -0.3 is 15.2 Å². The zero-order valence-electron chi connectivity index (χ0n) is 11.1. The van der Waals surface area contributed by atoms with E-state index in [2.05, 4.69) is 36.5 Å². The van der Waals surface area contributed by atoms with Crippen molar-refractivity contribution < 1.29 is 4.79 Å². The van der Waals surface area contributed by atoms with Gasteiger partial charge in [0.1, 0.15) is 5.82 Å². The van der Waals surface area contributed by atoms with Crippen LogP contribution >= 0.6 is 15.9 Å². The Bertz CT molecular complexity index is 570. The van der Waals surface area contributed by atoms with E-state index >= 15 is 0 Å². The number of aromatic nitrogens is 3. The van der Waals surface area contributed by atoms with Gasteiger partial charge in [0.15, 0.2) is 0 Å². The molecule has 0 unspecified atom stereocenters. The molecule has 2 N–H and O–H groups in total. The molecule has 0 aromatic carbocycles. The molecule has 0 aliphatic carbocycles. The van der Waals surface area contributed by atoms with Crippen LogP contribution in [0.5, 0.6) is 0 Å². The van der Waals surface area contributed by atoms with Gasteiger partial charge in [0, 0.05) is 43.2 Å². The number of carbonyl (C=O) groups excluding carboxylic acids is 1. The molecular weight excluding hydrogens is 322 g/mol. The minimum Gasteiger partial charge on any atom is -0.372 e. The zero-order valence-corrected chi connectivity index (χ0v) is 12.7. The lowest BCUT2D eigenvalue weighted by Crippen LogP contribution is -2.26. The van der Waals surface area contributed by atoms with Gasteiger partial charge in [-0.25, -0.2) is 9.97 Å². The molecule has 106 valence electrons. The fourth-order valence-corrected chi connectivity index (χ4v) is 2.12. The molecule has 7 heteroatoms. The summed E-state index contributed by atoms with van der Waals surface area (Å²) in [5, 5.41) is 5.80. The number of imidazole rings is 1. The van der Waals surface area contributed by atoms with Gasteiger partial charge in [-0.2, -0.15) is 0 Å². The van der Waals surface area contributed by atoms with E-state index in [0.29, 0.717) is 17.9 Å². The van der Waals surface area contributed by atoms with Gasteiger partial charge in [-0.05, 0) is 28.4 Å². The Balaban J connectivity index is 1.87. The molecule has 0 aliphatic heterocycles. The van der Waals surface area contributed by atoms with Crippen molar-refractivity contribution in [2.45, 2.75) is 13.0 Å². The molecule has 0 spiro atoms. The molecule has 2 aromatic heterocycles. The van der Waals surface area contributed by atoms with E-state index in [0.717, 1.165) is 17.4 Å². The van der Waals surface area contributed by atoms with Gasteiger partial charge >= 0.3 is 0 Å². The second-order valence-electron chi connectivity index (χ2n) is 4.21. The van der Waals surface area contributed by atoms with Gasteiger partial charge in [-0.1, -0.05) is 0 Å². The predicted molar refractivity (Wildman–Crippen MR) is 80.7 cm³/mol. The molecular formula is C13H16BrN5O. The maximum Gasteiger partial charge on any atom is 0.255 e. The summed E-state index contributed by atoms with van der Waals surface area (Å²) in [5.74, 6) is 0.439. The number of halogens is 1. The number of nitrogens with one attached hydrogen (secondary N) is 2. The minimum absolute atomic E-state index is 0.131. The Kier molecular flexibility index (Phi) is 5.11. The van der Waals surface area contributed by atoms with Crippen molar-refractivity contribution in [3.05, 3.63) is 41.0 Å². The first-order valence-corrected chi connectivity index (χ1v) is 7.07. The van der Waals surface area contributed by atoms with Crippen molar-refractivity contribution in [1.82, 2.24) is 19.9 Å². The zero-order chi connectivity index (χ0) is 14.4. The Hall–Kier alpha value is -1.89. The molecule has 0 bridgehead atoms. The topological polar surface area (TPSA) is 71.8 Å². The van der Waals surface area contributed by atoms with E-state index in [9.17, 15) is 4.79 Å². The molecule has 0 saturated carbocycles. The number of anilines is 1. The maximum atomic E-state index is 12.1. The SMILES string of the molecule is CNc1ncc(Br)cc1C(=O)NCCCn1ccnc1. The van der Waals surface area contributed by atoms with Gasteiger partial charge in [0.2, 0.25) is 0 Å². The van der Waals surface area contributed by atoms with E-state index in [1.54, 1.807) is 31.8 Å². The maximum absolute atomic E-state index is 12.1. The second-order valence-corrected chi connectivity index (χ2v) is 5.13. The van der Waals surface area contributed by atoms with Crippen LogP contribution < -0.4 is 10.6 Å². The molecule has 2 rings (SSSR count). The van der Waals surface area contributed by atoms with E-state index in [1.165, 1.54) is 0 Å². The largest absolute Gasteiger partial charge is 0.372 e. The summed E-state index contributed by atoms with van der Waals surface area (Å²) >= 11 is 3.32. The van der Waals surface area contributed by atoms with Crippen LogP contribution in [0.4, 0.5) is 5.82 Å². The summed E-state index contributed by atoms with van der Waals surface area (Å²) in [6, 6.07) is 1.75. The van der Waals surface area contributed by atoms with Crippen LogP contribution in [0.1, 0.15) is 16.8 Å². The van der Waals surface area contributed by atoms with E-state index in [1.807, 2.05) is 10.8 Å². The number of hydrogen-bond acceptors (Lipinski definition) is 4. The summed E-state index contributed by atoms with van der Waals surface area (Å²) in [6.07, 6.45) is 7.91. The fourth-order valence-electron chi connectivity index (χ4n) is 1.79. The smallest absolute Gasteiger partial charge is 0.255 e. The van der Waals surface area contributed by atoms with E-state index in [4.69, 9.17) is 0 Å². The Morgan fingerprint density at radius 1 is 1.50 bits per heavy atom. The van der Waals surface area contributed by atoms with Crippen LogP contribution in [-0.4, -0.2) is 34.0 Å². The van der Waals surface area contributed by atoms with Crippen LogP contribution in [0.3, 0.4) is 0 Å². The summed E-state index contributed by atoms with van der Waals surface area (Å²) in [6.45, 7) is 1.43. The van der Waals surface area contributed by atoms with Crippen LogP contribution in [0.25, 0.3) is 0 Å². The van der Waals surface area contributed by atoms with E-state index < -0.39 is 0 Å². The first-order valence-electron chi connectivity index (χ1n) is 6.28. The molecule has 0 fully saturated rings. The predicted octanol–water partition coefficient (Wildman–Crippen LogP) is 1.90. The van der Waals surface area contributed by atoms with Crippen molar-refractivity contribution in [2.75, 3.05) is 18.9 Å². The van der Waals surface area contributed by atoms with Crippen LogP contribution in [0.2, 0.25) is 0 Å².